The SMILES string of the molecule is COc1ccc(-c2ncc(C(=O)NC(C)CC(=O)O)s2)cc1. The number of carbonyl (C=O) groups excluding carboxylic acids is 1. The van der Waals surface area contributed by atoms with Crippen molar-refractivity contribution in [1.29, 1.82) is 0 Å². The van der Waals surface area contributed by atoms with Crippen molar-refractivity contribution in [1.82, 2.24) is 10.3 Å². The van der Waals surface area contributed by atoms with E-state index in [1.807, 2.05) is 24.3 Å². The lowest BCUT2D eigenvalue weighted by Gasteiger charge is -2.09. The molecule has 2 rings (SSSR count). The first-order chi connectivity index (χ1) is 10.5. The summed E-state index contributed by atoms with van der Waals surface area (Å²) in [5.74, 6) is -0.511. The Morgan fingerprint density at radius 2 is 2.05 bits per heavy atom. The third-order valence-electron chi connectivity index (χ3n) is 2.92. The van der Waals surface area contributed by atoms with E-state index in [0.29, 0.717) is 4.88 Å². The molecule has 1 atom stereocenters. The van der Waals surface area contributed by atoms with Crippen molar-refractivity contribution in [3.63, 3.8) is 0 Å². The molecule has 1 heterocycles. The molecule has 0 fully saturated rings. The van der Waals surface area contributed by atoms with E-state index in [-0.39, 0.29) is 12.3 Å². The summed E-state index contributed by atoms with van der Waals surface area (Å²) in [5, 5.41) is 12.1. The van der Waals surface area contributed by atoms with Crippen molar-refractivity contribution in [2.75, 3.05) is 7.11 Å². The number of nitrogens with one attached hydrogen (secondary N) is 1. The highest BCUT2D eigenvalue weighted by Crippen LogP contribution is 2.26. The minimum absolute atomic E-state index is 0.115. The first-order valence-corrected chi connectivity index (χ1v) is 7.44. The molecule has 0 aliphatic heterocycles. The second-order valence-corrected chi connectivity index (χ2v) is 5.76. The lowest BCUT2D eigenvalue weighted by Crippen LogP contribution is -2.33. The highest BCUT2D eigenvalue weighted by atomic mass is 32.1. The van der Waals surface area contributed by atoms with Crippen LogP contribution in [0.25, 0.3) is 10.6 Å². The van der Waals surface area contributed by atoms with Gasteiger partial charge in [0.2, 0.25) is 0 Å². The smallest absolute Gasteiger partial charge is 0.305 e. The summed E-state index contributed by atoms with van der Waals surface area (Å²) in [6.45, 7) is 1.65. The molecule has 0 aliphatic carbocycles. The van der Waals surface area contributed by atoms with Crippen molar-refractivity contribution >= 4 is 23.2 Å². The number of carbonyl (C=O) groups is 2. The first kappa shape index (κ1) is 16.0. The molecule has 0 saturated heterocycles. The molecule has 1 amide bonds. The minimum atomic E-state index is -0.948. The highest BCUT2D eigenvalue weighted by Gasteiger charge is 2.15. The Balaban J connectivity index is 2.06. The van der Waals surface area contributed by atoms with E-state index < -0.39 is 12.0 Å². The second-order valence-electron chi connectivity index (χ2n) is 4.73. The van der Waals surface area contributed by atoms with Crippen LogP contribution in [0, 0.1) is 0 Å². The molecule has 1 aromatic heterocycles. The molecule has 7 heteroatoms. The second kappa shape index (κ2) is 7.04. The predicted octanol–water partition coefficient (Wildman–Crippen LogP) is 2.41. The molecule has 0 saturated carbocycles. The number of hydrogen-bond donors (Lipinski definition) is 2. The Morgan fingerprint density at radius 1 is 1.36 bits per heavy atom. The van der Waals surface area contributed by atoms with Crippen LogP contribution in [0.2, 0.25) is 0 Å². The van der Waals surface area contributed by atoms with E-state index in [0.717, 1.165) is 16.3 Å². The normalized spacial score (nSPS) is 11.7. The van der Waals surface area contributed by atoms with Gasteiger partial charge in [-0.3, -0.25) is 9.59 Å². The number of thiazole rings is 1. The topological polar surface area (TPSA) is 88.5 Å². The van der Waals surface area contributed by atoms with Gasteiger partial charge in [-0.2, -0.15) is 0 Å². The fourth-order valence-corrected chi connectivity index (χ4v) is 2.68. The Kier molecular flexibility index (Phi) is 5.11. The Labute approximate surface area is 131 Å². The molecule has 22 heavy (non-hydrogen) atoms. The number of amides is 1. The third kappa shape index (κ3) is 4.05. The number of hydrogen-bond acceptors (Lipinski definition) is 5. The van der Waals surface area contributed by atoms with Crippen molar-refractivity contribution in [2.45, 2.75) is 19.4 Å². The molecule has 1 aromatic carbocycles. The fourth-order valence-electron chi connectivity index (χ4n) is 1.85. The molecule has 2 aromatic rings. The number of aliphatic carboxylic acids is 1. The van der Waals surface area contributed by atoms with E-state index >= 15 is 0 Å². The third-order valence-corrected chi connectivity index (χ3v) is 3.97. The molecule has 0 radical (unpaired) electrons. The molecule has 2 N–H and O–H groups in total. The van der Waals surface area contributed by atoms with Gasteiger partial charge in [-0.05, 0) is 31.2 Å². The molecule has 0 bridgehead atoms. The summed E-state index contributed by atoms with van der Waals surface area (Å²) in [5.41, 5.74) is 0.892. The number of carboxylic acid groups (broad SMARTS) is 1. The van der Waals surface area contributed by atoms with Crippen molar-refractivity contribution in [3.8, 4) is 16.3 Å². The van der Waals surface area contributed by atoms with Crippen LogP contribution < -0.4 is 10.1 Å². The number of rotatable bonds is 6. The first-order valence-electron chi connectivity index (χ1n) is 6.62. The van der Waals surface area contributed by atoms with Gasteiger partial charge >= 0.3 is 5.97 Å². The maximum absolute atomic E-state index is 12.0. The number of nitrogens with zero attached hydrogens (tertiary/aromatic N) is 1. The Morgan fingerprint density at radius 3 is 2.64 bits per heavy atom. The number of aromatic nitrogens is 1. The van der Waals surface area contributed by atoms with Crippen LogP contribution in [-0.2, 0) is 4.79 Å². The Hall–Kier alpha value is -2.41. The van der Waals surface area contributed by atoms with Gasteiger partial charge in [-0.25, -0.2) is 4.98 Å². The summed E-state index contributed by atoms with van der Waals surface area (Å²) in [6.07, 6.45) is 1.38. The van der Waals surface area contributed by atoms with Gasteiger partial charge in [0.05, 0.1) is 19.7 Å². The molecular formula is C15H16N2O4S. The highest BCUT2D eigenvalue weighted by molar-refractivity contribution is 7.16. The van der Waals surface area contributed by atoms with Gasteiger partial charge in [-0.15, -0.1) is 11.3 Å². The van der Waals surface area contributed by atoms with Crippen LogP contribution in [0.1, 0.15) is 23.0 Å². The summed E-state index contributed by atoms with van der Waals surface area (Å²) in [6, 6.07) is 6.95. The predicted molar refractivity (Wildman–Crippen MR) is 83.3 cm³/mol. The maximum atomic E-state index is 12.0. The van der Waals surface area contributed by atoms with Gasteiger partial charge in [0.1, 0.15) is 15.6 Å². The van der Waals surface area contributed by atoms with Gasteiger partial charge < -0.3 is 15.2 Å². The maximum Gasteiger partial charge on any atom is 0.305 e. The standard InChI is InChI=1S/C15H16N2O4S/c1-9(7-13(18)19)17-14(20)12-8-16-15(22-12)10-3-5-11(21-2)6-4-10/h3-6,8-9H,7H2,1-2H3,(H,17,20)(H,18,19). The minimum Gasteiger partial charge on any atom is -0.497 e. The summed E-state index contributed by atoms with van der Waals surface area (Å²) >= 11 is 1.26. The Bertz CT molecular complexity index is 666. The molecule has 1 unspecified atom stereocenters. The number of methoxy groups -OCH3 is 1. The molecule has 6 nitrogen and oxygen atoms in total. The van der Waals surface area contributed by atoms with Crippen LogP contribution >= 0.6 is 11.3 Å². The zero-order chi connectivity index (χ0) is 16.1. The van der Waals surface area contributed by atoms with Crippen LogP contribution in [0.5, 0.6) is 5.75 Å². The zero-order valence-electron chi connectivity index (χ0n) is 12.2. The van der Waals surface area contributed by atoms with Crippen molar-refractivity contribution in [2.24, 2.45) is 0 Å². The van der Waals surface area contributed by atoms with Crippen LogP contribution in [0.3, 0.4) is 0 Å². The summed E-state index contributed by atoms with van der Waals surface area (Å²) in [7, 11) is 1.60. The molecular weight excluding hydrogens is 304 g/mol. The van der Waals surface area contributed by atoms with E-state index in [1.54, 1.807) is 14.0 Å². The monoisotopic (exact) mass is 320 g/mol. The number of carboxylic acids is 1. The van der Waals surface area contributed by atoms with E-state index in [2.05, 4.69) is 10.3 Å². The van der Waals surface area contributed by atoms with Gasteiger partial charge in [0.15, 0.2) is 0 Å². The van der Waals surface area contributed by atoms with E-state index in [1.165, 1.54) is 17.5 Å². The summed E-state index contributed by atoms with van der Waals surface area (Å²) < 4.78 is 5.09. The fraction of sp³-hybridized carbons (Fsp3) is 0.267. The number of benzene rings is 1. The number of ether oxygens (including phenoxy) is 1. The quantitative estimate of drug-likeness (QED) is 0.853. The van der Waals surface area contributed by atoms with Crippen LogP contribution in [-0.4, -0.2) is 35.1 Å². The zero-order valence-corrected chi connectivity index (χ0v) is 13.0. The van der Waals surface area contributed by atoms with Crippen LogP contribution in [0.4, 0.5) is 0 Å². The molecule has 116 valence electrons. The lowest BCUT2D eigenvalue weighted by molar-refractivity contribution is -0.137. The molecule has 0 aliphatic rings. The average molecular weight is 320 g/mol. The molecule has 0 spiro atoms. The van der Waals surface area contributed by atoms with E-state index in [9.17, 15) is 9.59 Å². The van der Waals surface area contributed by atoms with Crippen LogP contribution in [0.15, 0.2) is 30.5 Å². The largest absolute Gasteiger partial charge is 0.497 e. The van der Waals surface area contributed by atoms with Crippen molar-refractivity contribution in [3.05, 3.63) is 35.3 Å². The van der Waals surface area contributed by atoms with Crippen molar-refractivity contribution < 1.29 is 19.4 Å². The van der Waals surface area contributed by atoms with Gasteiger partial charge in [0.25, 0.3) is 5.91 Å². The van der Waals surface area contributed by atoms with Gasteiger partial charge in [0, 0.05) is 11.6 Å². The average Bonchev–Trinajstić information content (AvgIpc) is 2.96. The van der Waals surface area contributed by atoms with E-state index in [4.69, 9.17) is 9.84 Å². The lowest BCUT2D eigenvalue weighted by atomic mass is 10.2. The summed E-state index contributed by atoms with van der Waals surface area (Å²) in [4.78, 5) is 27.3. The van der Waals surface area contributed by atoms with Gasteiger partial charge in [-0.1, -0.05) is 0 Å².